The van der Waals surface area contributed by atoms with Gasteiger partial charge in [-0.2, -0.15) is 0 Å². The number of rotatable bonds is 3. The number of hydrogen-bond acceptors (Lipinski definition) is 4. The van der Waals surface area contributed by atoms with Crippen LogP contribution in [0.4, 0.5) is 5.69 Å². The third kappa shape index (κ3) is 4.03. The van der Waals surface area contributed by atoms with E-state index >= 15 is 0 Å². The topological polar surface area (TPSA) is 39.7 Å². The highest BCUT2D eigenvalue weighted by atomic mass is 16.2. The van der Waals surface area contributed by atoms with Crippen LogP contribution in [0.1, 0.15) is 44.9 Å². The van der Waals surface area contributed by atoms with E-state index in [-0.39, 0.29) is 5.92 Å². The minimum atomic E-state index is 0.151. The minimum Gasteiger partial charge on any atom is -0.371 e. The van der Waals surface area contributed by atoms with Crippen molar-refractivity contribution in [2.75, 3.05) is 44.2 Å². The summed E-state index contributed by atoms with van der Waals surface area (Å²) in [5.74, 6) is 0.533. The van der Waals surface area contributed by atoms with Crippen molar-refractivity contribution in [3.05, 3.63) is 24.5 Å². The number of pyridine rings is 1. The van der Waals surface area contributed by atoms with Gasteiger partial charge < -0.3 is 9.80 Å². The highest BCUT2D eigenvalue weighted by Crippen LogP contribution is 2.26. The van der Waals surface area contributed by atoms with Crippen molar-refractivity contribution in [1.82, 2.24) is 14.8 Å². The smallest absolute Gasteiger partial charge is 0.227 e. The summed E-state index contributed by atoms with van der Waals surface area (Å²) in [7, 11) is 0. The second-order valence-electron chi connectivity index (χ2n) is 8.14. The average molecular weight is 357 g/mol. The molecule has 3 aliphatic rings. The molecule has 1 aromatic rings. The minimum absolute atomic E-state index is 0.151. The molecule has 1 amide bonds. The lowest BCUT2D eigenvalue weighted by Gasteiger charge is -2.42. The Morgan fingerprint density at radius 2 is 1.62 bits per heavy atom. The number of anilines is 1. The molecular weight excluding hydrogens is 324 g/mol. The molecule has 142 valence electrons. The Hall–Kier alpha value is -1.62. The van der Waals surface area contributed by atoms with Crippen LogP contribution >= 0.6 is 0 Å². The summed E-state index contributed by atoms with van der Waals surface area (Å²) in [4.78, 5) is 24.3. The summed E-state index contributed by atoms with van der Waals surface area (Å²) in [5.41, 5.74) is 1.19. The molecule has 0 spiro atoms. The van der Waals surface area contributed by atoms with Gasteiger partial charge in [-0.1, -0.05) is 19.3 Å². The van der Waals surface area contributed by atoms with E-state index in [0.29, 0.717) is 5.91 Å². The number of carbonyl (C=O) groups is 1. The fraction of sp³-hybridized carbons (Fsp3) is 0.714. The van der Waals surface area contributed by atoms with Gasteiger partial charge in [0.05, 0.1) is 5.92 Å². The first-order valence-corrected chi connectivity index (χ1v) is 10.5. The van der Waals surface area contributed by atoms with Gasteiger partial charge in [-0.15, -0.1) is 0 Å². The maximum Gasteiger partial charge on any atom is 0.227 e. The van der Waals surface area contributed by atoms with Crippen molar-refractivity contribution in [1.29, 1.82) is 0 Å². The fourth-order valence-electron chi connectivity index (χ4n) is 4.98. The molecule has 3 heterocycles. The number of piperidine rings is 1. The van der Waals surface area contributed by atoms with Crippen LogP contribution in [0.15, 0.2) is 24.5 Å². The van der Waals surface area contributed by atoms with Crippen LogP contribution in [0.25, 0.3) is 0 Å². The lowest BCUT2D eigenvalue weighted by atomic mass is 9.93. The molecule has 1 aliphatic carbocycles. The Bertz CT molecular complexity index is 579. The SMILES string of the molecule is O=C(C1CCCN(c2ccncc2)C1)N1CCN(C2CCCCC2)CC1. The van der Waals surface area contributed by atoms with E-state index in [1.807, 2.05) is 12.4 Å². The number of amides is 1. The monoisotopic (exact) mass is 356 g/mol. The van der Waals surface area contributed by atoms with Crippen molar-refractivity contribution in [2.45, 2.75) is 51.0 Å². The predicted molar refractivity (Wildman–Crippen MR) is 104 cm³/mol. The zero-order chi connectivity index (χ0) is 17.8. The van der Waals surface area contributed by atoms with Gasteiger partial charge in [-0.25, -0.2) is 0 Å². The molecule has 5 heteroatoms. The van der Waals surface area contributed by atoms with Crippen LogP contribution in [-0.4, -0.2) is 66.0 Å². The molecule has 2 saturated heterocycles. The zero-order valence-corrected chi connectivity index (χ0v) is 15.9. The van der Waals surface area contributed by atoms with Crippen molar-refractivity contribution < 1.29 is 4.79 Å². The number of aromatic nitrogens is 1. The van der Waals surface area contributed by atoms with E-state index in [4.69, 9.17) is 0 Å². The van der Waals surface area contributed by atoms with Crippen molar-refractivity contribution in [3.63, 3.8) is 0 Å². The Morgan fingerprint density at radius 3 is 2.35 bits per heavy atom. The lowest BCUT2D eigenvalue weighted by molar-refractivity contribution is -0.138. The summed E-state index contributed by atoms with van der Waals surface area (Å²) in [5, 5.41) is 0. The van der Waals surface area contributed by atoms with Gasteiger partial charge in [0, 0.05) is 63.4 Å². The molecule has 1 saturated carbocycles. The summed E-state index contributed by atoms with van der Waals surface area (Å²) < 4.78 is 0. The summed E-state index contributed by atoms with van der Waals surface area (Å²) in [6.45, 7) is 5.87. The summed E-state index contributed by atoms with van der Waals surface area (Å²) in [6, 6.07) is 4.88. The molecule has 0 aromatic carbocycles. The molecular formula is C21H32N4O. The van der Waals surface area contributed by atoms with E-state index < -0.39 is 0 Å². The maximum absolute atomic E-state index is 13.1. The molecule has 26 heavy (non-hydrogen) atoms. The van der Waals surface area contributed by atoms with Crippen LogP contribution in [0.2, 0.25) is 0 Å². The van der Waals surface area contributed by atoms with Crippen LogP contribution in [0.5, 0.6) is 0 Å². The third-order valence-electron chi connectivity index (χ3n) is 6.52. The van der Waals surface area contributed by atoms with Gasteiger partial charge >= 0.3 is 0 Å². The second-order valence-corrected chi connectivity index (χ2v) is 8.14. The molecule has 1 aromatic heterocycles. The first-order chi connectivity index (χ1) is 12.8. The highest BCUT2D eigenvalue weighted by Gasteiger charge is 2.32. The van der Waals surface area contributed by atoms with E-state index in [1.165, 1.54) is 37.8 Å². The van der Waals surface area contributed by atoms with Crippen molar-refractivity contribution in [3.8, 4) is 0 Å². The molecule has 5 nitrogen and oxygen atoms in total. The van der Waals surface area contributed by atoms with Crippen molar-refractivity contribution >= 4 is 11.6 Å². The molecule has 1 unspecified atom stereocenters. The molecule has 1 atom stereocenters. The van der Waals surface area contributed by atoms with Gasteiger partial charge in [0.15, 0.2) is 0 Å². The predicted octanol–water partition coefficient (Wildman–Crippen LogP) is 2.77. The van der Waals surface area contributed by atoms with Gasteiger partial charge in [0.25, 0.3) is 0 Å². The van der Waals surface area contributed by atoms with E-state index in [0.717, 1.165) is 58.2 Å². The quantitative estimate of drug-likeness (QED) is 0.835. The Labute approximate surface area is 157 Å². The Morgan fingerprint density at radius 1 is 0.885 bits per heavy atom. The number of piperazine rings is 1. The number of nitrogens with zero attached hydrogens (tertiary/aromatic N) is 4. The van der Waals surface area contributed by atoms with Crippen LogP contribution in [0, 0.1) is 5.92 Å². The van der Waals surface area contributed by atoms with Crippen LogP contribution in [0.3, 0.4) is 0 Å². The normalized spacial score (nSPS) is 26.1. The first kappa shape index (κ1) is 17.8. The van der Waals surface area contributed by atoms with Crippen LogP contribution in [-0.2, 0) is 4.79 Å². The lowest BCUT2D eigenvalue weighted by Crippen LogP contribution is -2.54. The Balaban J connectivity index is 1.30. The maximum atomic E-state index is 13.1. The zero-order valence-electron chi connectivity index (χ0n) is 15.9. The summed E-state index contributed by atoms with van der Waals surface area (Å²) >= 11 is 0. The van der Waals surface area contributed by atoms with E-state index in [9.17, 15) is 4.79 Å². The molecule has 0 N–H and O–H groups in total. The summed E-state index contributed by atoms with van der Waals surface area (Å²) in [6.07, 6.45) is 12.7. The molecule has 0 radical (unpaired) electrons. The number of hydrogen-bond donors (Lipinski definition) is 0. The standard InChI is InChI=1S/C21H32N4O/c26-21(18-5-4-12-25(17-18)20-8-10-22-11-9-20)24-15-13-23(14-16-24)19-6-2-1-3-7-19/h8-11,18-19H,1-7,12-17H2. The average Bonchev–Trinajstić information content (AvgIpc) is 2.75. The Kier molecular flexibility index (Phi) is 5.73. The largest absolute Gasteiger partial charge is 0.371 e. The van der Waals surface area contributed by atoms with Gasteiger partial charge in [-0.3, -0.25) is 14.7 Å². The molecule has 0 bridgehead atoms. The molecule has 4 rings (SSSR count). The van der Waals surface area contributed by atoms with Gasteiger partial charge in [0.2, 0.25) is 5.91 Å². The highest BCUT2D eigenvalue weighted by molar-refractivity contribution is 5.80. The molecule has 3 fully saturated rings. The van der Waals surface area contributed by atoms with Gasteiger partial charge in [0.1, 0.15) is 0 Å². The van der Waals surface area contributed by atoms with E-state index in [1.54, 1.807) is 0 Å². The third-order valence-corrected chi connectivity index (χ3v) is 6.52. The van der Waals surface area contributed by atoms with Crippen LogP contribution < -0.4 is 4.90 Å². The van der Waals surface area contributed by atoms with Crippen molar-refractivity contribution in [2.24, 2.45) is 5.92 Å². The second kappa shape index (κ2) is 8.38. The first-order valence-electron chi connectivity index (χ1n) is 10.5. The number of carbonyl (C=O) groups excluding carboxylic acids is 1. The fourth-order valence-corrected chi connectivity index (χ4v) is 4.98. The van der Waals surface area contributed by atoms with E-state index in [2.05, 4.69) is 31.8 Å². The molecule has 2 aliphatic heterocycles. The van der Waals surface area contributed by atoms with Gasteiger partial charge in [-0.05, 0) is 37.8 Å².